The summed E-state index contributed by atoms with van der Waals surface area (Å²) in [6.45, 7) is 1.71. The molecule has 0 bridgehead atoms. The van der Waals surface area contributed by atoms with E-state index in [1.165, 1.54) is 0 Å². The predicted octanol–water partition coefficient (Wildman–Crippen LogP) is 2.39. The molecule has 1 aromatic rings. The van der Waals surface area contributed by atoms with Gasteiger partial charge in [-0.3, -0.25) is 0 Å². The Morgan fingerprint density at radius 3 is 2.90 bits per heavy atom. The van der Waals surface area contributed by atoms with Gasteiger partial charge in [0, 0.05) is 0 Å². The Bertz CT molecular complexity index is 417. The Kier molecular flexibility index (Phi) is 5.35. The summed E-state index contributed by atoms with van der Waals surface area (Å²) in [5.74, 6) is 0. The van der Waals surface area contributed by atoms with Crippen molar-refractivity contribution in [3.8, 4) is 0 Å². The summed E-state index contributed by atoms with van der Waals surface area (Å²) >= 11 is 0. The minimum absolute atomic E-state index is 0.0162. The molecule has 2 N–H and O–H groups in total. The third-order valence-corrected chi connectivity index (χ3v) is 3.49. The molecule has 0 radical (unpaired) electrons. The minimum Gasteiger partial charge on any atom is -0.445 e. The highest BCUT2D eigenvalue weighted by molar-refractivity contribution is 5.67. The van der Waals surface area contributed by atoms with Gasteiger partial charge in [-0.15, -0.1) is 0 Å². The molecule has 0 unspecified atom stereocenters. The first-order valence-corrected chi connectivity index (χ1v) is 7.02. The van der Waals surface area contributed by atoms with Crippen molar-refractivity contribution in [1.29, 1.82) is 0 Å². The van der Waals surface area contributed by atoms with Crippen molar-refractivity contribution in [3.05, 3.63) is 35.9 Å². The lowest BCUT2D eigenvalue weighted by atomic mass is 9.97. The molecule has 20 heavy (non-hydrogen) atoms. The van der Waals surface area contributed by atoms with Crippen molar-refractivity contribution in [2.75, 3.05) is 19.6 Å². The smallest absolute Gasteiger partial charge is 0.407 e. The molecule has 1 aliphatic rings. The van der Waals surface area contributed by atoms with Gasteiger partial charge in [-0.05, 0) is 37.9 Å². The molecule has 1 heterocycles. The number of ether oxygens (including phenoxy) is 1. The molecular formula is C15H21FN2O2. The molecule has 110 valence electrons. The maximum atomic E-state index is 14.4. The highest BCUT2D eigenvalue weighted by Gasteiger charge is 2.30. The molecular weight excluding hydrogens is 259 g/mol. The van der Waals surface area contributed by atoms with Crippen LogP contribution in [0.2, 0.25) is 0 Å². The van der Waals surface area contributed by atoms with Gasteiger partial charge in [-0.1, -0.05) is 30.3 Å². The van der Waals surface area contributed by atoms with Crippen LogP contribution in [0.25, 0.3) is 0 Å². The van der Waals surface area contributed by atoms with Gasteiger partial charge in [-0.25, -0.2) is 9.18 Å². The van der Waals surface area contributed by atoms with Crippen molar-refractivity contribution in [2.24, 2.45) is 0 Å². The normalized spacial score (nSPS) is 22.9. The zero-order valence-electron chi connectivity index (χ0n) is 11.5. The number of amides is 1. The van der Waals surface area contributed by atoms with Crippen LogP contribution in [0.15, 0.2) is 30.3 Å². The molecule has 1 aromatic carbocycles. The second kappa shape index (κ2) is 7.24. The summed E-state index contributed by atoms with van der Waals surface area (Å²) < 4.78 is 19.5. The van der Waals surface area contributed by atoms with Gasteiger partial charge in [-0.2, -0.15) is 0 Å². The number of halogens is 1. The predicted molar refractivity (Wildman–Crippen MR) is 75.2 cm³/mol. The van der Waals surface area contributed by atoms with Crippen molar-refractivity contribution < 1.29 is 13.9 Å². The number of alkyl halides is 1. The second-order valence-electron chi connectivity index (χ2n) is 5.17. The Labute approximate surface area is 118 Å². The Morgan fingerprint density at radius 2 is 2.10 bits per heavy atom. The average molecular weight is 280 g/mol. The first-order valence-electron chi connectivity index (χ1n) is 7.02. The van der Waals surface area contributed by atoms with Crippen LogP contribution in [0, 0.1) is 0 Å². The number of alkyl carbamates (subject to hydrolysis) is 1. The summed E-state index contributed by atoms with van der Waals surface area (Å²) in [6, 6.07) is 9.41. The molecule has 1 amide bonds. The molecule has 0 saturated carbocycles. The lowest BCUT2D eigenvalue weighted by molar-refractivity contribution is 0.113. The minimum atomic E-state index is -1.32. The molecule has 1 saturated heterocycles. The van der Waals surface area contributed by atoms with Gasteiger partial charge >= 0.3 is 6.09 Å². The van der Waals surface area contributed by atoms with Gasteiger partial charge in [0.2, 0.25) is 0 Å². The molecule has 0 spiro atoms. The summed E-state index contributed by atoms with van der Waals surface area (Å²) in [7, 11) is 0. The van der Waals surface area contributed by atoms with Crippen LogP contribution in [-0.4, -0.2) is 31.4 Å². The maximum absolute atomic E-state index is 14.4. The number of carbonyl (C=O) groups is 1. The topological polar surface area (TPSA) is 50.4 Å². The van der Waals surface area contributed by atoms with E-state index in [1.807, 2.05) is 30.3 Å². The monoisotopic (exact) mass is 280 g/mol. The number of hydrogen-bond acceptors (Lipinski definition) is 3. The fraction of sp³-hybridized carbons (Fsp3) is 0.533. The number of benzene rings is 1. The van der Waals surface area contributed by atoms with E-state index in [-0.39, 0.29) is 13.2 Å². The molecule has 0 aliphatic carbocycles. The third kappa shape index (κ3) is 4.81. The standard InChI is InChI=1S/C15H21FN2O2/c16-15(7-4-9-17-10-8-15)12-18-14(19)20-11-13-5-2-1-3-6-13/h1-3,5-6,17H,4,7-12H2,(H,18,19)/t15-/m1/s1. The maximum Gasteiger partial charge on any atom is 0.407 e. The van der Waals surface area contributed by atoms with Crippen molar-refractivity contribution in [1.82, 2.24) is 10.6 Å². The molecule has 4 nitrogen and oxygen atoms in total. The Hall–Kier alpha value is -1.62. The molecule has 2 rings (SSSR count). The lowest BCUT2D eigenvalue weighted by Crippen LogP contribution is -2.40. The van der Waals surface area contributed by atoms with Crippen LogP contribution in [0.1, 0.15) is 24.8 Å². The van der Waals surface area contributed by atoms with Crippen molar-refractivity contribution in [2.45, 2.75) is 31.5 Å². The summed E-state index contributed by atoms with van der Waals surface area (Å²) in [6.07, 6.45) is 1.12. The van der Waals surface area contributed by atoms with Crippen LogP contribution in [0.3, 0.4) is 0 Å². The van der Waals surface area contributed by atoms with E-state index in [9.17, 15) is 9.18 Å². The Balaban J connectivity index is 1.71. The molecule has 1 atom stereocenters. The summed E-state index contributed by atoms with van der Waals surface area (Å²) in [4.78, 5) is 11.6. The van der Waals surface area contributed by atoms with E-state index in [0.717, 1.165) is 18.5 Å². The summed E-state index contributed by atoms with van der Waals surface area (Å²) in [5.41, 5.74) is -0.411. The second-order valence-corrected chi connectivity index (χ2v) is 5.17. The van der Waals surface area contributed by atoms with Gasteiger partial charge in [0.1, 0.15) is 12.3 Å². The number of carbonyl (C=O) groups excluding carboxylic acids is 1. The molecule has 1 aliphatic heterocycles. The van der Waals surface area contributed by atoms with E-state index in [4.69, 9.17) is 4.74 Å². The van der Waals surface area contributed by atoms with Crippen LogP contribution in [-0.2, 0) is 11.3 Å². The van der Waals surface area contributed by atoms with Crippen molar-refractivity contribution in [3.63, 3.8) is 0 Å². The van der Waals surface area contributed by atoms with E-state index in [2.05, 4.69) is 10.6 Å². The summed E-state index contributed by atoms with van der Waals surface area (Å²) in [5, 5.41) is 5.68. The highest BCUT2D eigenvalue weighted by atomic mass is 19.1. The van der Waals surface area contributed by atoms with E-state index in [1.54, 1.807) is 0 Å². The quantitative estimate of drug-likeness (QED) is 0.890. The van der Waals surface area contributed by atoms with E-state index >= 15 is 0 Å². The lowest BCUT2D eigenvalue weighted by Gasteiger charge is -2.23. The first kappa shape index (κ1) is 14.8. The largest absolute Gasteiger partial charge is 0.445 e. The van der Waals surface area contributed by atoms with Crippen LogP contribution < -0.4 is 10.6 Å². The van der Waals surface area contributed by atoms with Gasteiger partial charge in [0.15, 0.2) is 0 Å². The first-order chi connectivity index (χ1) is 9.68. The fourth-order valence-corrected chi connectivity index (χ4v) is 2.27. The molecule has 1 fully saturated rings. The number of hydrogen-bond donors (Lipinski definition) is 2. The highest BCUT2D eigenvalue weighted by Crippen LogP contribution is 2.23. The van der Waals surface area contributed by atoms with Crippen LogP contribution in [0.5, 0.6) is 0 Å². The van der Waals surface area contributed by atoms with Gasteiger partial charge in [0.25, 0.3) is 0 Å². The van der Waals surface area contributed by atoms with E-state index < -0.39 is 11.8 Å². The third-order valence-electron chi connectivity index (χ3n) is 3.49. The zero-order chi connectivity index (χ0) is 14.3. The van der Waals surface area contributed by atoms with Crippen LogP contribution in [0.4, 0.5) is 9.18 Å². The fourth-order valence-electron chi connectivity index (χ4n) is 2.27. The zero-order valence-corrected chi connectivity index (χ0v) is 11.5. The van der Waals surface area contributed by atoms with Gasteiger partial charge < -0.3 is 15.4 Å². The molecule has 5 heteroatoms. The number of nitrogens with one attached hydrogen (secondary N) is 2. The SMILES string of the molecule is O=C(NC[C@@]1(F)CCCNCC1)OCc1ccccc1. The van der Waals surface area contributed by atoms with Crippen molar-refractivity contribution >= 4 is 6.09 Å². The Morgan fingerprint density at radius 1 is 1.30 bits per heavy atom. The number of rotatable bonds is 4. The molecule has 0 aromatic heterocycles. The van der Waals surface area contributed by atoms with E-state index in [0.29, 0.717) is 19.4 Å². The van der Waals surface area contributed by atoms with Crippen LogP contribution >= 0.6 is 0 Å². The average Bonchev–Trinajstić information content (AvgIpc) is 2.69. The van der Waals surface area contributed by atoms with Gasteiger partial charge in [0.05, 0.1) is 6.54 Å².